The van der Waals surface area contributed by atoms with Gasteiger partial charge in [-0.25, -0.2) is 6.57 Å². The van der Waals surface area contributed by atoms with E-state index in [4.69, 9.17) is 15.7 Å². The van der Waals surface area contributed by atoms with Gasteiger partial charge in [0.2, 0.25) is 6.54 Å². The van der Waals surface area contributed by atoms with E-state index in [0.717, 1.165) is 6.42 Å². The van der Waals surface area contributed by atoms with Crippen molar-refractivity contribution < 1.29 is 9.16 Å². The molecule has 0 aliphatic carbocycles. The van der Waals surface area contributed by atoms with E-state index in [-0.39, 0.29) is 29.3 Å². The molecule has 126 valence electrons. The second kappa shape index (κ2) is 7.29. The van der Waals surface area contributed by atoms with Crippen LogP contribution in [0.5, 0.6) is 0 Å². The highest BCUT2D eigenvalue weighted by Gasteiger charge is 2.45. The van der Waals surface area contributed by atoms with Crippen LogP contribution in [0.3, 0.4) is 0 Å². The van der Waals surface area contributed by atoms with Gasteiger partial charge in [0.1, 0.15) is 6.10 Å². The van der Waals surface area contributed by atoms with Gasteiger partial charge < -0.3 is 14.0 Å². The summed E-state index contributed by atoms with van der Waals surface area (Å²) in [5, 5.41) is 0.186. The number of hydrogen-bond donors (Lipinski definition) is 0. The van der Waals surface area contributed by atoms with Gasteiger partial charge in [-0.3, -0.25) is 0 Å². The van der Waals surface area contributed by atoms with Crippen LogP contribution in [0.25, 0.3) is 4.85 Å². The summed E-state index contributed by atoms with van der Waals surface area (Å²) in [4.78, 5) is 3.54. The van der Waals surface area contributed by atoms with Crippen LogP contribution >= 0.6 is 0 Å². The maximum Gasteiger partial charge on any atom is 0.240 e. The molecule has 0 aromatic heterocycles. The summed E-state index contributed by atoms with van der Waals surface area (Å²) in [6.45, 7) is 27.2. The summed E-state index contributed by atoms with van der Waals surface area (Å²) >= 11 is 0. The molecule has 1 aliphatic heterocycles. The lowest BCUT2D eigenvalue weighted by Crippen LogP contribution is -2.54. The fourth-order valence-electron chi connectivity index (χ4n) is 2.66. The average molecular weight is 324 g/mol. The number of rotatable bonds is 5. The summed E-state index contributed by atoms with van der Waals surface area (Å²) in [5.41, 5.74) is 0. The van der Waals surface area contributed by atoms with E-state index >= 15 is 0 Å². The Morgan fingerprint density at radius 2 is 2.05 bits per heavy atom. The van der Waals surface area contributed by atoms with Crippen molar-refractivity contribution in [2.24, 2.45) is 11.8 Å². The van der Waals surface area contributed by atoms with Gasteiger partial charge in [0.15, 0.2) is 8.32 Å². The third-order valence-corrected chi connectivity index (χ3v) is 9.85. The lowest BCUT2D eigenvalue weighted by Gasteiger charge is -2.46. The molecular formula is C18H33NO2Si. The smallest absolute Gasteiger partial charge is 0.240 e. The van der Waals surface area contributed by atoms with Crippen LogP contribution < -0.4 is 0 Å². The van der Waals surface area contributed by atoms with E-state index < -0.39 is 8.32 Å². The Kier molecular flexibility index (Phi) is 6.43. The molecule has 0 aromatic rings. The predicted octanol–water partition coefficient (Wildman–Crippen LogP) is 4.91. The Labute approximate surface area is 138 Å². The molecule has 0 bridgehead atoms. The Hall–Kier alpha value is -0.633. The Bertz CT molecular complexity index is 422. The highest BCUT2D eigenvalue weighted by Crippen LogP contribution is 2.41. The SMILES string of the molecule is [C-]#[N+]C[C@H]1O[C@@H]([C@@H](C)C=C)[C@@H](O[Si](C)(C)C(C)(C)C)C[C@H]1C. The third-order valence-electron chi connectivity index (χ3n) is 5.35. The molecule has 1 fully saturated rings. The number of hydrogen-bond acceptors (Lipinski definition) is 2. The van der Waals surface area contributed by atoms with E-state index in [2.05, 4.69) is 59.1 Å². The molecular weight excluding hydrogens is 290 g/mol. The molecule has 1 heterocycles. The van der Waals surface area contributed by atoms with E-state index in [1.54, 1.807) is 0 Å². The molecule has 3 nitrogen and oxygen atoms in total. The van der Waals surface area contributed by atoms with E-state index in [9.17, 15) is 0 Å². The molecule has 0 unspecified atom stereocenters. The van der Waals surface area contributed by atoms with Crippen LogP contribution in [-0.2, 0) is 9.16 Å². The number of nitrogens with zero attached hydrogens (tertiary/aromatic N) is 1. The minimum absolute atomic E-state index is 0.00887. The maximum absolute atomic E-state index is 7.12. The van der Waals surface area contributed by atoms with Crippen molar-refractivity contribution in [1.29, 1.82) is 0 Å². The van der Waals surface area contributed by atoms with Crippen LogP contribution in [0, 0.1) is 18.4 Å². The molecule has 1 aliphatic rings. The zero-order valence-electron chi connectivity index (χ0n) is 15.3. The second-order valence-corrected chi connectivity index (χ2v) is 13.0. The van der Waals surface area contributed by atoms with Gasteiger partial charge in [-0.15, -0.1) is 6.58 Å². The van der Waals surface area contributed by atoms with Crippen molar-refractivity contribution in [3.05, 3.63) is 24.1 Å². The molecule has 0 N–H and O–H groups in total. The van der Waals surface area contributed by atoms with Crippen molar-refractivity contribution in [2.75, 3.05) is 6.54 Å². The van der Waals surface area contributed by atoms with Gasteiger partial charge in [-0.1, -0.05) is 40.7 Å². The van der Waals surface area contributed by atoms with Crippen molar-refractivity contribution in [1.82, 2.24) is 0 Å². The summed E-state index contributed by atoms with van der Waals surface area (Å²) in [6, 6.07) is 0. The summed E-state index contributed by atoms with van der Waals surface area (Å²) < 4.78 is 12.9. The normalized spacial score (nSPS) is 31.4. The molecule has 0 spiro atoms. The highest BCUT2D eigenvalue weighted by atomic mass is 28.4. The Morgan fingerprint density at radius 1 is 1.45 bits per heavy atom. The first-order chi connectivity index (χ1) is 10.0. The summed E-state index contributed by atoms with van der Waals surface area (Å²) in [6.07, 6.45) is 3.04. The third kappa shape index (κ3) is 4.44. The van der Waals surface area contributed by atoms with Crippen molar-refractivity contribution in [3.63, 3.8) is 0 Å². The molecule has 5 atom stereocenters. The van der Waals surface area contributed by atoms with Crippen LogP contribution in [0.4, 0.5) is 0 Å². The Balaban J connectivity index is 2.96. The van der Waals surface area contributed by atoms with Gasteiger partial charge in [0.05, 0.1) is 12.2 Å². The van der Waals surface area contributed by atoms with Crippen LogP contribution in [-0.4, -0.2) is 33.2 Å². The maximum atomic E-state index is 7.12. The van der Waals surface area contributed by atoms with Gasteiger partial charge in [-0.05, 0) is 30.5 Å². The van der Waals surface area contributed by atoms with Crippen LogP contribution in [0.1, 0.15) is 41.0 Å². The van der Waals surface area contributed by atoms with Gasteiger partial charge in [-0.2, -0.15) is 0 Å². The monoisotopic (exact) mass is 323 g/mol. The van der Waals surface area contributed by atoms with Gasteiger partial charge in [0.25, 0.3) is 0 Å². The first kappa shape index (κ1) is 19.4. The van der Waals surface area contributed by atoms with Crippen LogP contribution in [0.2, 0.25) is 18.1 Å². The van der Waals surface area contributed by atoms with E-state index in [0.29, 0.717) is 12.5 Å². The topological polar surface area (TPSA) is 22.8 Å². The molecule has 0 aromatic carbocycles. The van der Waals surface area contributed by atoms with Crippen LogP contribution in [0.15, 0.2) is 12.7 Å². The standard InChI is InChI=1S/C18H33NO2Si/c1-10-13(2)17-15(21-22(8,9)18(4,5)6)11-14(3)16(20-17)12-19-7/h10,13-17H,1,11-12H2,2-6,8-9H3/t13-,14+,15-,16+,17-/m0/s1. The van der Waals surface area contributed by atoms with Crippen molar-refractivity contribution in [3.8, 4) is 0 Å². The van der Waals surface area contributed by atoms with Gasteiger partial charge in [0, 0.05) is 5.92 Å². The molecule has 0 saturated carbocycles. The molecule has 22 heavy (non-hydrogen) atoms. The van der Waals surface area contributed by atoms with Gasteiger partial charge >= 0.3 is 0 Å². The first-order valence-corrected chi connectivity index (χ1v) is 11.2. The minimum atomic E-state index is -1.84. The minimum Gasteiger partial charge on any atom is -0.411 e. The lowest BCUT2D eigenvalue weighted by molar-refractivity contribution is -0.142. The van der Waals surface area contributed by atoms with E-state index in [1.165, 1.54) is 0 Å². The summed E-state index contributed by atoms with van der Waals surface area (Å²) in [5.74, 6) is 0.590. The highest BCUT2D eigenvalue weighted by molar-refractivity contribution is 6.74. The molecule has 0 radical (unpaired) electrons. The zero-order valence-corrected chi connectivity index (χ0v) is 16.3. The summed E-state index contributed by atoms with van der Waals surface area (Å²) in [7, 11) is -1.84. The molecule has 4 heteroatoms. The second-order valence-electron chi connectivity index (χ2n) is 8.20. The van der Waals surface area contributed by atoms with Crippen molar-refractivity contribution >= 4 is 8.32 Å². The zero-order chi connectivity index (χ0) is 17.1. The quantitative estimate of drug-likeness (QED) is 0.407. The number of ether oxygens (including phenoxy) is 1. The Morgan fingerprint density at radius 3 is 2.50 bits per heavy atom. The van der Waals surface area contributed by atoms with E-state index in [1.807, 2.05) is 6.08 Å². The molecule has 1 saturated heterocycles. The largest absolute Gasteiger partial charge is 0.411 e. The molecule has 1 rings (SSSR count). The van der Waals surface area contributed by atoms with Crippen molar-refractivity contribution in [2.45, 2.75) is 77.5 Å². The average Bonchev–Trinajstić information content (AvgIpc) is 2.39. The lowest BCUT2D eigenvalue weighted by atomic mass is 9.86. The molecule has 0 amide bonds. The predicted molar refractivity (Wildman–Crippen MR) is 95.3 cm³/mol. The first-order valence-electron chi connectivity index (χ1n) is 8.32. The fraction of sp³-hybridized carbons (Fsp3) is 0.833. The fourth-order valence-corrected chi connectivity index (χ4v) is 4.00.